The van der Waals surface area contributed by atoms with Crippen molar-refractivity contribution in [2.45, 2.75) is 45.8 Å². The molecule has 102 valence electrons. The van der Waals surface area contributed by atoms with Gasteiger partial charge in [0.25, 0.3) is 0 Å². The molecule has 2 fully saturated rings. The fourth-order valence-electron chi connectivity index (χ4n) is 3.81. The molecule has 1 aromatic carbocycles. The van der Waals surface area contributed by atoms with Gasteiger partial charge in [0, 0.05) is 11.3 Å². The Morgan fingerprint density at radius 2 is 1.95 bits per heavy atom. The Morgan fingerprint density at radius 3 is 2.68 bits per heavy atom. The number of ether oxygens (including phenoxy) is 1. The molecule has 0 N–H and O–H groups in total. The van der Waals surface area contributed by atoms with Gasteiger partial charge in [-0.3, -0.25) is 4.79 Å². The molecular formula is C17H22O2. The lowest BCUT2D eigenvalue weighted by Crippen LogP contribution is -2.21. The van der Waals surface area contributed by atoms with Gasteiger partial charge in [0.05, 0.1) is 12.7 Å². The van der Waals surface area contributed by atoms with E-state index in [1.807, 2.05) is 18.2 Å². The Balaban J connectivity index is 1.63. The maximum atomic E-state index is 12.3. The fraction of sp³-hybridized carbons (Fsp3) is 0.588. The van der Waals surface area contributed by atoms with Crippen molar-refractivity contribution >= 4 is 5.78 Å². The molecule has 2 heteroatoms. The normalized spacial score (nSPS) is 32.5. The number of hydrogen-bond donors (Lipinski definition) is 0. The van der Waals surface area contributed by atoms with Crippen molar-refractivity contribution in [1.29, 1.82) is 0 Å². The van der Waals surface area contributed by atoms with Crippen LogP contribution in [0.5, 0.6) is 0 Å². The first-order valence-electron chi connectivity index (χ1n) is 7.28. The van der Waals surface area contributed by atoms with Crippen LogP contribution in [-0.2, 0) is 16.1 Å². The zero-order valence-corrected chi connectivity index (χ0v) is 11.8. The zero-order chi connectivity index (χ0) is 13.5. The van der Waals surface area contributed by atoms with E-state index in [-0.39, 0.29) is 17.4 Å². The fourth-order valence-corrected chi connectivity index (χ4v) is 3.81. The number of benzene rings is 1. The van der Waals surface area contributed by atoms with Crippen LogP contribution in [0.1, 0.15) is 38.7 Å². The summed E-state index contributed by atoms with van der Waals surface area (Å²) in [5.74, 6) is 1.17. The van der Waals surface area contributed by atoms with E-state index in [4.69, 9.17) is 4.74 Å². The SMILES string of the molecule is CC1(C)C[C@H]2[C@@H](OCc3ccccc3)CC[C@H]2C1=O. The number of hydrogen-bond acceptors (Lipinski definition) is 2. The van der Waals surface area contributed by atoms with E-state index in [2.05, 4.69) is 26.0 Å². The Kier molecular flexibility index (Phi) is 3.22. The number of rotatable bonds is 3. The Bertz CT molecular complexity index is 463. The molecule has 0 bridgehead atoms. The van der Waals surface area contributed by atoms with Crippen molar-refractivity contribution < 1.29 is 9.53 Å². The van der Waals surface area contributed by atoms with Crippen LogP contribution >= 0.6 is 0 Å². The highest BCUT2D eigenvalue weighted by Crippen LogP contribution is 2.51. The summed E-state index contributed by atoms with van der Waals surface area (Å²) >= 11 is 0. The van der Waals surface area contributed by atoms with Crippen molar-refractivity contribution in [2.75, 3.05) is 0 Å². The minimum absolute atomic E-state index is 0.135. The topological polar surface area (TPSA) is 26.3 Å². The van der Waals surface area contributed by atoms with E-state index in [1.54, 1.807) is 0 Å². The third-order valence-electron chi connectivity index (χ3n) is 4.81. The van der Waals surface area contributed by atoms with E-state index in [0.29, 0.717) is 18.3 Å². The minimum Gasteiger partial charge on any atom is -0.373 e. The molecule has 19 heavy (non-hydrogen) atoms. The maximum Gasteiger partial charge on any atom is 0.141 e. The van der Waals surface area contributed by atoms with Crippen molar-refractivity contribution in [3.8, 4) is 0 Å². The number of Topliss-reactive ketones (excluding diaryl/α,β-unsaturated/α-hetero) is 1. The summed E-state index contributed by atoms with van der Waals surface area (Å²) in [6.07, 6.45) is 3.34. The van der Waals surface area contributed by atoms with Crippen LogP contribution in [0, 0.1) is 17.3 Å². The highest BCUT2D eigenvalue weighted by atomic mass is 16.5. The van der Waals surface area contributed by atoms with E-state index >= 15 is 0 Å². The quantitative estimate of drug-likeness (QED) is 0.828. The van der Waals surface area contributed by atoms with Gasteiger partial charge in [-0.15, -0.1) is 0 Å². The maximum absolute atomic E-state index is 12.3. The van der Waals surface area contributed by atoms with Crippen LogP contribution in [0.15, 0.2) is 30.3 Å². The van der Waals surface area contributed by atoms with Crippen molar-refractivity contribution in [3.05, 3.63) is 35.9 Å². The molecule has 0 saturated heterocycles. The van der Waals surface area contributed by atoms with Crippen molar-refractivity contribution in [3.63, 3.8) is 0 Å². The molecular weight excluding hydrogens is 236 g/mol. The van der Waals surface area contributed by atoms with Crippen molar-refractivity contribution in [1.82, 2.24) is 0 Å². The molecule has 3 rings (SSSR count). The van der Waals surface area contributed by atoms with E-state index in [1.165, 1.54) is 5.56 Å². The Hall–Kier alpha value is -1.15. The van der Waals surface area contributed by atoms with Gasteiger partial charge in [-0.1, -0.05) is 44.2 Å². The molecule has 2 nitrogen and oxygen atoms in total. The van der Waals surface area contributed by atoms with Gasteiger partial charge in [0.1, 0.15) is 5.78 Å². The first kappa shape index (κ1) is 12.9. The highest BCUT2D eigenvalue weighted by Gasteiger charge is 2.53. The molecule has 2 aliphatic rings. The van der Waals surface area contributed by atoms with Gasteiger partial charge >= 0.3 is 0 Å². The van der Waals surface area contributed by atoms with Gasteiger partial charge in [0.15, 0.2) is 0 Å². The Labute approximate surface area is 115 Å². The lowest BCUT2D eigenvalue weighted by atomic mass is 9.87. The van der Waals surface area contributed by atoms with Gasteiger partial charge in [-0.2, -0.15) is 0 Å². The summed E-state index contributed by atoms with van der Waals surface area (Å²) in [6, 6.07) is 10.3. The number of carbonyl (C=O) groups is 1. The molecule has 0 unspecified atom stereocenters. The molecule has 0 spiro atoms. The summed E-state index contributed by atoms with van der Waals surface area (Å²) in [7, 11) is 0. The van der Waals surface area contributed by atoms with Crippen LogP contribution in [-0.4, -0.2) is 11.9 Å². The largest absolute Gasteiger partial charge is 0.373 e. The van der Waals surface area contributed by atoms with Gasteiger partial charge in [0.2, 0.25) is 0 Å². The van der Waals surface area contributed by atoms with Crippen LogP contribution < -0.4 is 0 Å². The van der Waals surface area contributed by atoms with Gasteiger partial charge in [-0.05, 0) is 30.7 Å². The summed E-state index contributed by atoms with van der Waals surface area (Å²) in [6.45, 7) is 4.84. The van der Waals surface area contributed by atoms with Crippen molar-refractivity contribution in [2.24, 2.45) is 17.3 Å². The molecule has 0 aromatic heterocycles. The predicted molar refractivity (Wildman–Crippen MR) is 74.6 cm³/mol. The van der Waals surface area contributed by atoms with Crippen LogP contribution in [0.25, 0.3) is 0 Å². The molecule has 2 aliphatic carbocycles. The molecule has 0 heterocycles. The summed E-state index contributed by atoms with van der Waals surface area (Å²) in [5, 5.41) is 0. The third-order valence-corrected chi connectivity index (χ3v) is 4.81. The van der Waals surface area contributed by atoms with Crippen LogP contribution in [0.2, 0.25) is 0 Å². The van der Waals surface area contributed by atoms with Gasteiger partial charge < -0.3 is 4.74 Å². The second kappa shape index (κ2) is 4.75. The monoisotopic (exact) mass is 258 g/mol. The first-order valence-corrected chi connectivity index (χ1v) is 7.28. The zero-order valence-electron chi connectivity index (χ0n) is 11.8. The molecule has 0 amide bonds. The molecule has 3 atom stereocenters. The summed E-state index contributed by atoms with van der Waals surface area (Å²) in [4.78, 5) is 12.3. The highest BCUT2D eigenvalue weighted by molar-refractivity contribution is 5.89. The molecule has 0 radical (unpaired) electrons. The van der Waals surface area contributed by atoms with Gasteiger partial charge in [-0.25, -0.2) is 0 Å². The average Bonchev–Trinajstić information content (AvgIpc) is 2.88. The lowest BCUT2D eigenvalue weighted by molar-refractivity contribution is -0.127. The van der Waals surface area contributed by atoms with Crippen LogP contribution in [0.3, 0.4) is 0 Å². The van der Waals surface area contributed by atoms with Crippen LogP contribution in [0.4, 0.5) is 0 Å². The van der Waals surface area contributed by atoms with E-state index in [0.717, 1.165) is 19.3 Å². The molecule has 2 saturated carbocycles. The standard InChI is InChI=1S/C17H22O2/c1-17(2)10-14-13(16(17)18)8-9-15(14)19-11-12-6-4-3-5-7-12/h3-7,13-15H,8-11H2,1-2H3/t13-,14-,15+/m1/s1. The Morgan fingerprint density at radius 1 is 1.21 bits per heavy atom. The smallest absolute Gasteiger partial charge is 0.141 e. The third kappa shape index (κ3) is 2.34. The average molecular weight is 258 g/mol. The number of carbonyl (C=O) groups excluding carboxylic acids is 1. The number of ketones is 1. The second-order valence-electron chi connectivity index (χ2n) is 6.64. The summed E-state index contributed by atoms with van der Waals surface area (Å²) in [5.41, 5.74) is 1.08. The molecule has 0 aliphatic heterocycles. The molecule has 1 aromatic rings. The predicted octanol–water partition coefficient (Wildman–Crippen LogP) is 3.60. The van der Waals surface area contributed by atoms with E-state index < -0.39 is 0 Å². The summed E-state index contributed by atoms with van der Waals surface area (Å²) < 4.78 is 6.09. The second-order valence-corrected chi connectivity index (χ2v) is 6.64. The minimum atomic E-state index is -0.135. The lowest BCUT2D eigenvalue weighted by Gasteiger charge is -2.21. The number of fused-ring (bicyclic) bond motifs is 1. The van der Waals surface area contributed by atoms with E-state index in [9.17, 15) is 4.79 Å². The first-order chi connectivity index (χ1) is 9.08.